The lowest BCUT2D eigenvalue weighted by molar-refractivity contribution is 0.0762. The number of aryl methyl sites for hydroxylation is 1. The van der Waals surface area contributed by atoms with Gasteiger partial charge in [0.1, 0.15) is 5.82 Å². The van der Waals surface area contributed by atoms with E-state index >= 15 is 0 Å². The van der Waals surface area contributed by atoms with Crippen LogP contribution in [-0.4, -0.2) is 47.1 Å². The van der Waals surface area contributed by atoms with E-state index in [9.17, 15) is 4.79 Å². The molecule has 1 aliphatic rings. The smallest absolute Gasteiger partial charge is 0.256 e. The van der Waals surface area contributed by atoms with E-state index in [1.165, 1.54) is 6.42 Å². The van der Waals surface area contributed by atoms with E-state index in [0.29, 0.717) is 11.7 Å². The van der Waals surface area contributed by atoms with Gasteiger partial charge in [0.25, 0.3) is 5.91 Å². The highest BCUT2D eigenvalue weighted by Gasteiger charge is 2.17. The summed E-state index contributed by atoms with van der Waals surface area (Å²) >= 11 is 0. The third-order valence-electron chi connectivity index (χ3n) is 3.66. The summed E-state index contributed by atoms with van der Waals surface area (Å²) in [6.45, 7) is 3.63. The Bertz CT molecular complexity index is 427. The Labute approximate surface area is 120 Å². The lowest BCUT2D eigenvalue weighted by atomic mass is 10.1. The van der Waals surface area contributed by atoms with Crippen LogP contribution in [0.3, 0.4) is 0 Å². The number of rotatable bonds is 6. The molecule has 0 bridgehead atoms. The molecule has 1 aromatic rings. The number of hydrogen-bond acceptors (Lipinski definition) is 4. The standard InChI is InChI=1S/C15H23N3O2/c1-3-14-16-10-12(11-17-14)15(19)18(2)8-4-6-13-7-5-9-20-13/h10-11,13H,3-9H2,1-2H3/t13-/m1/s1. The number of nitrogens with zero attached hydrogens (tertiary/aromatic N) is 3. The fourth-order valence-corrected chi connectivity index (χ4v) is 2.40. The number of amides is 1. The molecule has 0 radical (unpaired) electrons. The number of ether oxygens (including phenoxy) is 1. The van der Waals surface area contributed by atoms with E-state index in [2.05, 4.69) is 9.97 Å². The van der Waals surface area contributed by atoms with Crippen LogP contribution in [0.1, 0.15) is 48.8 Å². The van der Waals surface area contributed by atoms with Crippen LogP contribution < -0.4 is 0 Å². The molecule has 2 rings (SSSR count). The van der Waals surface area contributed by atoms with Gasteiger partial charge in [0, 0.05) is 39.0 Å². The zero-order chi connectivity index (χ0) is 14.4. The molecule has 0 N–H and O–H groups in total. The third kappa shape index (κ3) is 4.00. The van der Waals surface area contributed by atoms with Crippen molar-refractivity contribution in [2.24, 2.45) is 0 Å². The molecule has 1 amide bonds. The van der Waals surface area contributed by atoms with Gasteiger partial charge in [-0.05, 0) is 25.7 Å². The van der Waals surface area contributed by atoms with Crippen LogP contribution in [-0.2, 0) is 11.2 Å². The van der Waals surface area contributed by atoms with Crippen molar-refractivity contribution in [3.8, 4) is 0 Å². The van der Waals surface area contributed by atoms with Crippen molar-refractivity contribution in [2.45, 2.75) is 45.1 Å². The molecule has 0 aliphatic carbocycles. The molecule has 110 valence electrons. The molecular weight excluding hydrogens is 254 g/mol. The maximum atomic E-state index is 12.2. The molecule has 5 heteroatoms. The van der Waals surface area contributed by atoms with Crippen molar-refractivity contribution in [2.75, 3.05) is 20.2 Å². The van der Waals surface area contributed by atoms with Gasteiger partial charge in [0.05, 0.1) is 11.7 Å². The summed E-state index contributed by atoms with van der Waals surface area (Å²) in [7, 11) is 1.82. The van der Waals surface area contributed by atoms with Crippen LogP contribution in [0, 0.1) is 0 Å². The molecular formula is C15H23N3O2. The second-order valence-electron chi connectivity index (χ2n) is 5.25. The van der Waals surface area contributed by atoms with E-state index < -0.39 is 0 Å². The number of hydrogen-bond donors (Lipinski definition) is 0. The third-order valence-corrected chi connectivity index (χ3v) is 3.66. The highest BCUT2D eigenvalue weighted by Crippen LogP contribution is 2.17. The van der Waals surface area contributed by atoms with Crippen LogP contribution in [0.25, 0.3) is 0 Å². The summed E-state index contributed by atoms with van der Waals surface area (Å²) in [5, 5.41) is 0. The number of carbonyl (C=O) groups is 1. The summed E-state index contributed by atoms with van der Waals surface area (Å²) in [6.07, 6.45) is 8.74. The van der Waals surface area contributed by atoms with E-state index in [1.807, 2.05) is 14.0 Å². The van der Waals surface area contributed by atoms with Gasteiger partial charge in [-0.25, -0.2) is 9.97 Å². The molecule has 1 aromatic heterocycles. The summed E-state index contributed by atoms with van der Waals surface area (Å²) in [5.74, 6) is 0.752. The first-order valence-electron chi connectivity index (χ1n) is 7.38. The quantitative estimate of drug-likeness (QED) is 0.798. The predicted octanol–water partition coefficient (Wildman–Crippen LogP) is 2.07. The molecule has 0 unspecified atom stereocenters. The molecule has 1 fully saturated rings. The van der Waals surface area contributed by atoms with Gasteiger partial charge in [-0.1, -0.05) is 6.92 Å². The van der Waals surface area contributed by atoms with Crippen LogP contribution in [0.15, 0.2) is 12.4 Å². The molecule has 0 spiro atoms. The maximum absolute atomic E-state index is 12.2. The van der Waals surface area contributed by atoms with Gasteiger partial charge in [0.15, 0.2) is 0 Å². The van der Waals surface area contributed by atoms with Gasteiger partial charge in [0.2, 0.25) is 0 Å². The molecule has 2 heterocycles. The van der Waals surface area contributed by atoms with Crippen molar-refractivity contribution in [3.05, 3.63) is 23.8 Å². The first-order chi connectivity index (χ1) is 9.70. The van der Waals surface area contributed by atoms with Crippen molar-refractivity contribution in [3.63, 3.8) is 0 Å². The average Bonchev–Trinajstić information content (AvgIpc) is 2.99. The molecule has 1 saturated heterocycles. The normalized spacial score (nSPS) is 18.2. The van der Waals surface area contributed by atoms with Gasteiger partial charge >= 0.3 is 0 Å². The second-order valence-corrected chi connectivity index (χ2v) is 5.25. The van der Waals surface area contributed by atoms with Gasteiger partial charge < -0.3 is 9.64 Å². The van der Waals surface area contributed by atoms with Crippen molar-refractivity contribution in [1.82, 2.24) is 14.9 Å². The SMILES string of the molecule is CCc1ncc(C(=O)N(C)CCC[C@@H]2CCCO2)cn1. The monoisotopic (exact) mass is 277 g/mol. The molecule has 1 atom stereocenters. The van der Waals surface area contributed by atoms with Gasteiger partial charge in [-0.2, -0.15) is 0 Å². The fraction of sp³-hybridized carbons (Fsp3) is 0.667. The zero-order valence-corrected chi connectivity index (χ0v) is 12.3. The first kappa shape index (κ1) is 14.9. The molecule has 0 saturated carbocycles. The predicted molar refractivity (Wildman–Crippen MR) is 76.6 cm³/mol. The van der Waals surface area contributed by atoms with E-state index in [1.54, 1.807) is 17.3 Å². The average molecular weight is 277 g/mol. The van der Waals surface area contributed by atoms with E-state index in [0.717, 1.165) is 44.7 Å². The lowest BCUT2D eigenvalue weighted by Gasteiger charge is -2.18. The Morgan fingerprint density at radius 2 is 2.20 bits per heavy atom. The number of aromatic nitrogens is 2. The Morgan fingerprint density at radius 3 is 2.80 bits per heavy atom. The van der Waals surface area contributed by atoms with Crippen molar-refractivity contribution >= 4 is 5.91 Å². The summed E-state index contributed by atoms with van der Waals surface area (Å²) in [6, 6.07) is 0. The minimum Gasteiger partial charge on any atom is -0.378 e. The highest BCUT2D eigenvalue weighted by atomic mass is 16.5. The molecule has 5 nitrogen and oxygen atoms in total. The van der Waals surface area contributed by atoms with Gasteiger partial charge in [-0.3, -0.25) is 4.79 Å². The minimum atomic E-state index is -0.0139. The summed E-state index contributed by atoms with van der Waals surface area (Å²) in [4.78, 5) is 22.3. The van der Waals surface area contributed by atoms with E-state index in [4.69, 9.17) is 4.74 Å². The maximum Gasteiger partial charge on any atom is 0.256 e. The summed E-state index contributed by atoms with van der Waals surface area (Å²) in [5.41, 5.74) is 0.557. The van der Waals surface area contributed by atoms with Crippen molar-refractivity contribution < 1.29 is 9.53 Å². The van der Waals surface area contributed by atoms with E-state index in [-0.39, 0.29) is 5.91 Å². The first-order valence-corrected chi connectivity index (χ1v) is 7.38. The van der Waals surface area contributed by atoms with Crippen LogP contribution in [0.5, 0.6) is 0 Å². The van der Waals surface area contributed by atoms with Crippen LogP contribution in [0.2, 0.25) is 0 Å². The van der Waals surface area contributed by atoms with Crippen molar-refractivity contribution in [1.29, 1.82) is 0 Å². The molecule has 20 heavy (non-hydrogen) atoms. The molecule has 0 aromatic carbocycles. The largest absolute Gasteiger partial charge is 0.378 e. The minimum absolute atomic E-state index is 0.0139. The molecule has 1 aliphatic heterocycles. The Hall–Kier alpha value is -1.49. The van der Waals surface area contributed by atoms with Crippen LogP contribution >= 0.6 is 0 Å². The Balaban J connectivity index is 1.78. The second kappa shape index (κ2) is 7.33. The lowest BCUT2D eigenvalue weighted by Crippen LogP contribution is -2.28. The zero-order valence-electron chi connectivity index (χ0n) is 12.3. The van der Waals surface area contributed by atoms with Crippen LogP contribution in [0.4, 0.5) is 0 Å². The van der Waals surface area contributed by atoms with Gasteiger partial charge in [-0.15, -0.1) is 0 Å². The Morgan fingerprint density at radius 1 is 1.45 bits per heavy atom. The summed E-state index contributed by atoms with van der Waals surface area (Å²) < 4.78 is 5.58. The number of carbonyl (C=O) groups excluding carboxylic acids is 1. The Kier molecular flexibility index (Phi) is 5.47. The highest BCUT2D eigenvalue weighted by molar-refractivity contribution is 5.93. The topological polar surface area (TPSA) is 55.3 Å². The fourth-order valence-electron chi connectivity index (χ4n) is 2.40.